The Balaban J connectivity index is 4.00. The monoisotopic (exact) mass is 219 g/mol. The lowest BCUT2D eigenvalue weighted by Gasteiger charge is -2.25. The van der Waals surface area contributed by atoms with Crippen molar-refractivity contribution in [3.8, 4) is 0 Å². The number of aliphatic hydroxyl groups is 1. The fraction of sp³-hybridized carbons (Fsp3) is 0.900. The van der Waals surface area contributed by atoms with Crippen LogP contribution >= 0.6 is 0 Å². The molecule has 0 rings (SSSR count). The number of nitrogens with two attached hydrogens (primary N) is 1. The van der Waals surface area contributed by atoms with Crippen molar-refractivity contribution in [2.45, 2.75) is 20.3 Å². The Kier molecular flexibility index (Phi) is 7.29. The minimum Gasteiger partial charge on any atom is -0.466 e. The van der Waals surface area contributed by atoms with Crippen LogP contribution in [0, 0.1) is 5.41 Å². The zero-order valence-electron chi connectivity index (χ0n) is 9.49. The Morgan fingerprint density at radius 1 is 1.47 bits per heavy atom. The number of hydrogen-bond acceptors (Lipinski definition) is 5. The molecule has 1 unspecified atom stereocenters. The molecular weight excluding hydrogens is 198 g/mol. The topological polar surface area (TPSA) is 81.8 Å². The summed E-state index contributed by atoms with van der Waals surface area (Å²) in [5.41, 5.74) is 4.86. The van der Waals surface area contributed by atoms with E-state index < -0.39 is 5.41 Å². The highest BCUT2D eigenvalue weighted by molar-refractivity contribution is 5.76. The number of rotatable bonds is 8. The normalized spacial score (nSPS) is 14.7. The second-order valence-electron chi connectivity index (χ2n) is 3.57. The van der Waals surface area contributed by atoms with Crippen molar-refractivity contribution in [2.75, 3.05) is 33.0 Å². The summed E-state index contributed by atoms with van der Waals surface area (Å²) >= 11 is 0. The van der Waals surface area contributed by atoms with Crippen LogP contribution in [0.3, 0.4) is 0 Å². The molecule has 0 amide bonds. The molecule has 0 aromatic carbocycles. The maximum Gasteiger partial charge on any atom is 0.313 e. The van der Waals surface area contributed by atoms with E-state index in [0.29, 0.717) is 19.6 Å². The molecule has 1 atom stereocenters. The number of carbonyl (C=O) groups is 1. The third kappa shape index (κ3) is 5.11. The molecule has 0 bridgehead atoms. The van der Waals surface area contributed by atoms with Crippen LogP contribution in [-0.4, -0.2) is 44.0 Å². The van der Waals surface area contributed by atoms with Crippen LogP contribution in [0.25, 0.3) is 0 Å². The van der Waals surface area contributed by atoms with Crippen LogP contribution in [0.1, 0.15) is 20.3 Å². The minimum absolute atomic E-state index is 0.0151. The number of aliphatic hydroxyl groups excluding tert-OH is 1. The van der Waals surface area contributed by atoms with Gasteiger partial charge in [-0.1, -0.05) is 0 Å². The fourth-order valence-corrected chi connectivity index (χ4v) is 1.06. The van der Waals surface area contributed by atoms with Gasteiger partial charge in [0.25, 0.3) is 0 Å². The summed E-state index contributed by atoms with van der Waals surface area (Å²) in [5, 5.41) is 8.50. The maximum atomic E-state index is 11.6. The molecule has 90 valence electrons. The minimum atomic E-state index is -0.689. The summed E-state index contributed by atoms with van der Waals surface area (Å²) in [7, 11) is 0. The van der Waals surface area contributed by atoms with Crippen molar-refractivity contribution in [1.29, 1.82) is 0 Å². The van der Waals surface area contributed by atoms with Crippen LogP contribution in [0.4, 0.5) is 0 Å². The molecule has 0 aromatic heterocycles. The maximum absolute atomic E-state index is 11.6. The first-order chi connectivity index (χ1) is 7.10. The predicted octanol–water partition coefficient (Wildman–Crippen LogP) is -0.0865. The molecule has 0 radical (unpaired) electrons. The molecule has 15 heavy (non-hydrogen) atoms. The van der Waals surface area contributed by atoms with E-state index in [2.05, 4.69) is 0 Å². The third-order valence-corrected chi connectivity index (χ3v) is 2.25. The fourth-order valence-electron chi connectivity index (χ4n) is 1.06. The Labute approximate surface area is 90.5 Å². The molecular formula is C10H21NO4. The van der Waals surface area contributed by atoms with Gasteiger partial charge in [0.2, 0.25) is 0 Å². The van der Waals surface area contributed by atoms with Gasteiger partial charge < -0.3 is 20.3 Å². The van der Waals surface area contributed by atoms with Crippen LogP contribution in [0.5, 0.6) is 0 Å². The van der Waals surface area contributed by atoms with E-state index >= 15 is 0 Å². The molecule has 5 nitrogen and oxygen atoms in total. The molecule has 0 spiro atoms. The summed E-state index contributed by atoms with van der Waals surface area (Å²) in [6.45, 7) is 4.76. The average Bonchev–Trinajstić information content (AvgIpc) is 2.24. The first kappa shape index (κ1) is 14.3. The summed E-state index contributed by atoms with van der Waals surface area (Å²) in [4.78, 5) is 11.6. The lowest BCUT2D eigenvalue weighted by Crippen LogP contribution is -2.38. The lowest BCUT2D eigenvalue weighted by molar-refractivity contribution is -0.155. The van der Waals surface area contributed by atoms with Crippen LogP contribution < -0.4 is 5.73 Å². The first-order valence-corrected chi connectivity index (χ1v) is 5.16. The van der Waals surface area contributed by atoms with Gasteiger partial charge in [0, 0.05) is 13.2 Å². The second-order valence-corrected chi connectivity index (χ2v) is 3.57. The van der Waals surface area contributed by atoms with Crippen molar-refractivity contribution >= 4 is 5.97 Å². The smallest absolute Gasteiger partial charge is 0.313 e. The van der Waals surface area contributed by atoms with Crippen molar-refractivity contribution in [3.63, 3.8) is 0 Å². The van der Waals surface area contributed by atoms with Crippen molar-refractivity contribution in [1.82, 2.24) is 0 Å². The van der Waals surface area contributed by atoms with Crippen molar-refractivity contribution < 1.29 is 19.4 Å². The van der Waals surface area contributed by atoms with E-state index in [1.807, 2.05) is 0 Å². The summed E-state index contributed by atoms with van der Waals surface area (Å²) in [5.74, 6) is -0.292. The Morgan fingerprint density at radius 2 is 2.13 bits per heavy atom. The lowest BCUT2D eigenvalue weighted by atomic mass is 9.87. The van der Waals surface area contributed by atoms with Gasteiger partial charge in [-0.05, 0) is 20.3 Å². The highest BCUT2D eigenvalue weighted by Crippen LogP contribution is 2.21. The number of hydrogen-bond donors (Lipinski definition) is 2. The van der Waals surface area contributed by atoms with E-state index in [-0.39, 0.29) is 25.7 Å². The predicted molar refractivity (Wildman–Crippen MR) is 56.3 cm³/mol. The van der Waals surface area contributed by atoms with Crippen LogP contribution in [-0.2, 0) is 14.3 Å². The van der Waals surface area contributed by atoms with Crippen LogP contribution in [0.15, 0.2) is 0 Å². The van der Waals surface area contributed by atoms with E-state index in [0.717, 1.165) is 0 Å². The molecule has 0 aliphatic carbocycles. The average molecular weight is 219 g/mol. The summed E-state index contributed by atoms with van der Waals surface area (Å²) in [6.07, 6.45) is 0.502. The molecule has 0 aromatic rings. The largest absolute Gasteiger partial charge is 0.466 e. The van der Waals surface area contributed by atoms with Crippen molar-refractivity contribution in [3.05, 3.63) is 0 Å². The second kappa shape index (κ2) is 7.62. The standard InChI is InChI=1S/C10H21NO4/c1-3-15-9(13)10(2,8-11)4-6-14-7-5-12/h12H,3-8,11H2,1-2H3. The molecule has 0 heterocycles. The van der Waals surface area contributed by atoms with Gasteiger partial charge in [-0.15, -0.1) is 0 Å². The molecule has 3 N–H and O–H groups in total. The Morgan fingerprint density at radius 3 is 2.60 bits per heavy atom. The molecule has 0 fully saturated rings. The van der Waals surface area contributed by atoms with Gasteiger partial charge in [0.15, 0.2) is 0 Å². The third-order valence-electron chi connectivity index (χ3n) is 2.25. The van der Waals surface area contributed by atoms with Gasteiger partial charge in [0.05, 0.1) is 25.2 Å². The highest BCUT2D eigenvalue weighted by Gasteiger charge is 2.32. The van der Waals surface area contributed by atoms with Gasteiger partial charge in [-0.2, -0.15) is 0 Å². The molecule has 0 saturated carbocycles. The van der Waals surface area contributed by atoms with Crippen molar-refractivity contribution in [2.24, 2.45) is 11.1 Å². The number of ether oxygens (including phenoxy) is 2. The SMILES string of the molecule is CCOC(=O)C(C)(CN)CCOCCO. The highest BCUT2D eigenvalue weighted by atomic mass is 16.5. The van der Waals surface area contributed by atoms with Crippen LogP contribution in [0.2, 0.25) is 0 Å². The molecule has 0 aliphatic heterocycles. The molecule has 5 heteroatoms. The van der Waals surface area contributed by atoms with E-state index in [4.69, 9.17) is 20.3 Å². The molecule has 0 saturated heterocycles. The van der Waals surface area contributed by atoms with E-state index in [9.17, 15) is 4.79 Å². The van der Waals surface area contributed by atoms with Gasteiger partial charge >= 0.3 is 5.97 Å². The van der Waals surface area contributed by atoms with Gasteiger partial charge in [-0.3, -0.25) is 4.79 Å². The number of esters is 1. The zero-order chi connectivity index (χ0) is 11.7. The van der Waals surface area contributed by atoms with Gasteiger partial charge in [-0.25, -0.2) is 0 Å². The van der Waals surface area contributed by atoms with E-state index in [1.165, 1.54) is 0 Å². The van der Waals surface area contributed by atoms with Gasteiger partial charge in [0.1, 0.15) is 0 Å². The first-order valence-electron chi connectivity index (χ1n) is 5.16. The summed E-state index contributed by atoms with van der Waals surface area (Å²) in [6, 6.07) is 0. The quantitative estimate of drug-likeness (QED) is 0.440. The zero-order valence-corrected chi connectivity index (χ0v) is 9.49. The Bertz CT molecular complexity index is 186. The molecule has 0 aliphatic rings. The summed E-state index contributed by atoms with van der Waals surface area (Å²) < 4.78 is 10.0. The van der Waals surface area contributed by atoms with E-state index in [1.54, 1.807) is 13.8 Å². The Hall–Kier alpha value is -0.650. The number of carbonyl (C=O) groups excluding carboxylic acids is 1.